The van der Waals surface area contributed by atoms with Gasteiger partial charge in [0, 0.05) is 11.1 Å². The number of alkyl halides is 1. The molecule has 3 rings (SSSR count). The maximum atomic E-state index is 14.7. The molecule has 6 heteroatoms. The second-order valence-corrected chi connectivity index (χ2v) is 6.83. The van der Waals surface area contributed by atoms with E-state index in [1.165, 1.54) is 13.0 Å². The predicted octanol–water partition coefficient (Wildman–Crippen LogP) is 5.23. The summed E-state index contributed by atoms with van der Waals surface area (Å²) in [5.41, 5.74) is 3.33. The fourth-order valence-corrected chi connectivity index (χ4v) is 3.24. The molecule has 0 aliphatic carbocycles. The van der Waals surface area contributed by atoms with E-state index in [-0.39, 0.29) is 18.5 Å². The van der Waals surface area contributed by atoms with Crippen LogP contribution in [0, 0.1) is 12.7 Å². The van der Waals surface area contributed by atoms with E-state index in [4.69, 9.17) is 14.2 Å². The number of rotatable bonds is 7. The number of pyridine rings is 1. The number of aryl methyl sites for hydroxylation is 1. The molecule has 1 aromatic heterocycles. The van der Waals surface area contributed by atoms with Gasteiger partial charge >= 0.3 is 0 Å². The average molecular weight is 389 g/mol. The Kier molecular flexibility index (Phi) is 6.29. The molecule has 1 unspecified atom stereocenters. The first-order valence-corrected chi connectivity index (χ1v) is 9.43. The number of fused-ring (bicyclic) bond motifs is 1. The van der Waals surface area contributed by atoms with E-state index < -0.39 is 6.36 Å². The van der Waals surface area contributed by atoms with E-state index in [0.717, 1.165) is 11.1 Å². The summed E-state index contributed by atoms with van der Waals surface area (Å²) < 4.78 is 44.2. The first-order valence-electron chi connectivity index (χ1n) is 9.43. The summed E-state index contributed by atoms with van der Waals surface area (Å²) in [5.74, 6) is 0.469. The summed E-state index contributed by atoms with van der Waals surface area (Å²) >= 11 is 0. The highest BCUT2D eigenvalue weighted by molar-refractivity contribution is 5.74. The zero-order valence-corrected chi connectivity index (χ0v) is 16.4. The predicted molar refractivity (Wildman–Crippen MR) is 104 cm³/mol. The lowest BCUT2D eigenvalue weighted by Gasteiger charge is -2.27. The summed E-state index contributed by atoms with van der Waals surface area (Å²) in [6.45, 7) is 9.50. The Hall–Kier alpha value is -2.47. The van der Waals surface area contributed by atoms with E-state index >= 15 is 0 Å². The molecule has 4 nitrogen and oxygen atoms in total. The van der Waals surface area contributed by atoms with Gasteiger partial charge < -0.3 is 14.2 Å². The highest BCUT2D eigenvalue weighted by Crippen LogP contribution is 2.38. The number of hydrogen-bond donors (Lipinski definition) is 0. The average Bonchev–Trinajstić information content (AvgIpc) is 2.65. The third-order valence-corrected chi connectivity index (χ3v) is 4.61. The summed E-state index contributed by atoms with van der Waals surface area (Å²) in [5, 5.41) is 0. The Morgan fingerprint density at radius 2 is 2.14 bits per heavy atom. The van der Waals surface area contributed by atoms with Gasteiger partial charge in [0.25, 0.3) is 0 Å². The van der Waals surface area contributed by atoms with Crippen LogP contribution >= 0.6 is 0 Å². The smallest absolute Gasteiger partial charge is 0.218 e. The van der Waals surface area contributed by atoms with Crippen LogP contribution in [-0.2, 0) is 15.9 Å². The monoisotopic (exact) mass is 389 g/mol. The number of halogens is 2. The lowest BCUT2D eigenvalue weighted by atomic mass is 9.93. The standard InChI is InChI=1S/C22H25F2NO3/c1-5-26-14(3)21-11-19(17-8-6-13(2)10-20(17)24)18-9-7-16(12-27-15(4)23)28-22(18)25-21/h6,8,10-11,15-16H,3,5,7,9,12H2,1-2,4H3/t15?,16-/m0/s1. The third-order valence-electron chi connectivity index (χ3n) is 4.61. The van der Waals surface area contributed by atoms with Crippen molar-refractivity contribution in [2.75, 3.05) is 13.2 Å². The lowest BCUT2D eigenvalue weighted by molar-refractivity contribution is -0.0603. The van der Waals surface area contributed by atoms with E-state index in [9.17, 15) is 8.78 Å². The molecule has 1 aliphatic rings. The van der Waals surface area contributed by atoms with Gasteiger partial charge in [0.1, 0.15) is 23.4 Å². The van der Waals surface area contributed by atoms with Crippen LogP contribution in [0.4, 0.5) is 8.78 Å². The van der Waals surface area contributed by atoms with Crippen molar-refractivity contribution in [3.05, 3.63) is 53.5 Å². The van der Waals surface area contributed by atoms with Crippen molar-refractivity contribution in [1.29, 1.82) is 0 Å². The van der Waals surface area contributed by atoms with Crippen LogP contribution < -0.4 is 4.74 Å². The molecule has 0 fully saturated rings. The van der Waals surface area contributed by atoms with Crippen molar-refractivity contribution >= 4 is 5.76 Å². The van der Waals surface area contributed by atoms with Gasteiger partial charge in [0.2, 0.25) is 5.88 Å². The largest absolute Gasteiger partial charge is 0.492 e. The van der Waals surface area contributed by atoms with Crippen molar-refractivity contribution in [2.24, 2.45) is 0 Å². The van der Waals surface area contributed by atoms with Gasteiger partial charge in [-0.2, -0.15) is 0 Å². The zero-order chi connectivity index (χ0) is 20.3. The summed E-state index contributed by atoms with van der Waals surface area (Å²) in [6, 6.07) is 6.91. The minimum absolute atomic E-state index is 0.129. The topological polar surface area (TPSA) is 40.6 Å². The first kappa shape index (κ1) is 20.3. The molecular weight excluding hydrogens is 364 g/mol. The van der Waals surface area contributed by atoms with Crippen molar-refractivity contribution in [2.45, 2.75) is 46.1 Å². The van der Waals surface area contributed by atoms with E-state index in [1.807, 2.05) is 19.9 Å². The summed E-state index contributed by atoms with van der Waals surface area (Å²) in [6.07, 6.45) is -0.418. The van der Waals surface area contributed by atoms with Crippen LogP contribution in [0.5, 0.6) is 5.88 Å². The Morgan fingerprint density at radius 1 is 1.36 bits per heavy atom. The quantitative estimate of drug-likeness (QED) is 0.608. The molecule has 2 aromatic rings. The third kappa shape index (κ3) is 4.50. The molecule has 0 spiro atoms. The molecule has 0 saturated carbocycles. The van der Waals surface area contributed by atoms with Crippen LogP contribution in [0.15, 0.2) is 30.8 Å². The molecule has 2 heterocycles. The Labute approximate surface area is 164 Å². The molecule has 28 heavy (non-hydrogen) atoms. The van der Waals surface area contributed by atoms with Gasteiger partial charge in [0.05, 0.1) is 13.2 Å². The lowest BCUT2D eigenvalue weighted by Crippen LogP contribution is -2.29. The minimum Gasteiger partial charge on any atom is -0.492 e. The van der Waals surface area contributed by atoms with Crippen LogP contribution in [0.3, 0.4) is 0 Å². The van der Waals surface area contributed by atoms with Gasteiger partial charge in [-0.15, -0.1) is 0 Å². The van der Waals surface area contributed by atoms with Crippen molar-refractivity contribution in [1.82, 2.24) is 4.98 Å². The number of ether oxygens (including phenoxy) is 3. The second kappa shape index (κ2) is 8.69. The number of aromatic nitrogens is 1. The molecule has 2 atom stereocenters. The van der Waals surface area contributed by atoms with Crippen molar-refractivity contribution in [3.8, 4) is 17.0 Å². The van der Waals surface area contributed by atoms with Crippen LogP contribution in [0.25, 0.3) is 16.9 Å². The van der Waals surface area contributed by atoms with Gasteiger partial charge in [-0.05, 0) is 56.9 Å². The number of nitrogens with zero attached hydrogens (tertiary/aromatic N) is 1. The molecule has 1 aliphatic heterocycles. The van der Waals surface area contributed by atoms with Crippen molar-refractivity contribution < 1.29 is 23.0 Å². The molecule has 0 N–H and O–H groups in total. The SMILES string of the molecule is C=C(OCC)c1cc(-c2ccc(C)cc2F)c2c(n1)O[C@H](COC(C)F)CC2. The highest BCUT2D eigenvalue weighted by atomic mass is 19.1. The maximum Gasteiger partial charge on any atom is 0.218 e. The molecule has 150 valence electrons. The van der Waals surface area contributed by atoms with Gasteiger partial charge in [-0.25, -0.2) is 13.8 Å². The molecular formula is C22H25F2NO3. The minimum atomic E-state index is -1.36. The second-order valence-electron chi connectivity index (χ2n) is 6.83. The van der Waals surface area contributed by atoms with Gasteiger partial charge in [-0.3, -0.25) is 0 Å². The highest BCUT2D eigenvalue weighted by Gasteiger charge is 2.27. The number of benzene rings is 1. The first-order chi connectivity index (χ1) is 13.4. The molecule has 0 bridgehead atoms. The van der Waals surface area contributed by atoms with Gasteiger partial charge in [0.15, 0.2) is 6.36 Å². The fraction of sp³-hybridized carbons (Fsp3) is 0.409. The van der Waals surface area contributed by atoms with E-state index in [2.05, 4.69) is 11.6 Å². The summed E-state index contributed by atoms with van der Waals surface area (Å²) in [7, 11) is 0. The van der Waals surface area contributed by atoms with Crippen molar-refractivity contribution in [3.63, 3.8) is 0 Å². The van der Waals surface area contributed by atoms with E-state index in [0.29, 0.717) is 47.9 Å². The van der Waals surface area contributed by atoms with E-state index in [1.54, 1.807) is 12.1 Å². The Bertz CT molecular complexity index is 867. The fourth-order valence-electron chi connectivity index (χ4n) is 3.24. The normalized spacial score (nSPS) is 16.8. The van der Waals surface area contributed by atoms with Gasteiger partial charge in [-0.1, -0.05) is 18.7 Å². The Balaban J connectivity index is 2.03. The Morgan fingerprint density at radius 3 is 2.82 bits per heavy atom. The summed E-state index contributed by atoms with van der Waals surface area (Å²) in [4.78, 5) is 4.52. The zero-order valence-electron chi connectivity index (χ0n) is 16.4. The molecule has 0 saturated heterocycles. The molecule has 0 amide bonds. The number of hydrogen-bond acceptors (Lipinski definition) is 4. The van der Waals surface area contributed by atoms with Crippen LogP contribution in [0.2, 0.25) is 0 Å². The van der Waals surface area contributed by atoms with Crippen LogP contribution in [-0.4, -0.2) is 30.7 Å². The molecule has 1 aromatic carbocycles. The van der Waals surface area contributed by atoms with Crippen LogP contribution in [0.1, 0.15) is 37.1 Å². The molecule has 0 radical (unpaired) electrons. The maximum absolute atomic E-state index is 14.7.